The number of carboxylic acid groups (broad SMARTS) is 1. The molecule has 0 aromatic carbocycles. The second-order valence-electron chi connectivity index (χ2n) is 6.85. The number of carbonyl (C=O) groups is 1. The quantitative estimate of drug-likeness (QED) is 0.427. The van der Waals surface area contributed by atoms with Crippen molar-refractivity contribution in [1.82, 2.24) is 34.8 Å². The van der Waals surface area contributed by atoms with E-state index in [4.69, 9.17) is 5.11 Å². The summed E-state index contributed by atoms with van der Waals surface area (Å²) in [4.78, 5) is 33.4. The van der Waals surface area contributed by atoms with E-state index in [0.29, 0.717) is 22.5 Å². The maximum absolute atomic E-state index is 10.6. The normalized spacial score (nSPS) is 11.2. The van der Waals surface area contributed by atoms with Crippen LogP contribution in [-0.2, 0) is 6.54 Å². The number of imidazole rings is 1. The van der Waals surface area contributed by atoms with E-state index in [1.807, 2.05) is 13.0 Å². The minimum absolute atomic E-state index is 0.144. The molecule has 0 aliphatic heterocycles. The van der Waals surface area contributed by atoms with Crippen molar-refractivity contribution in [3.63, 3.8) is 0 Å². The van der Waals surface area contributed by atoms with Crippen LogP contribution in [0.5, 0.6) is 0 Å². The van der Waals surface area contributed by atoms with Gasteiger partial charge in [0, 0.05) is 24.5 Å². The van der Waals surface area contributed by atoms with Gasteiger partial charge in [-0.2, -0.15) is 0 Å². The lowest BCUT2D eigenvalue weighted by molar-refractivity contribution is 0.194. The van der Waals surface area contributed by atoms with Gasteiger partial charge in [0.2, 0.25) is 0 Å². The summed E-state index contributed by atoms with van der Waals surface area (Å²) in [5.41, 5.74) is 1.86. The van der Waals surface area contributed by atoms with Gasteiger partial charge in [-0.1, -0.05) is 0 Å². The van der Waals surface area contributed by atoms with Crippen molar-refractivity contribution >= 4 is 40.1 Å². The summed E-state index contributed by atoms with van der Waals surface area (Å²) in [7, 11) is 0. The third kappa shape index (κ3) is 4.06. The van der Waals surface area contributed by atoms with E-state index in [2.05, 4.69) is 54.0 Å². The van der Waals surface area contributed by atoms with Gasteiger partial charge in [-0.15, -0.1) is 11.3 Å². The molecule has 0 bridgehead atoms. The zero-order chi connectivity index (χ0) is 21.3. The summed E-state index contributed by atoms with van der Waals surface area (Å²) >= 11 is 1.34. The Bertz CT molecular complexity index is 1220. The average molecular weight is 424 g/mol. The lowest BCUT2D eigenvalue weighted by Gasteiger charge is -2.11. The molecule has 0 fully saturated rings. The minimum atomic E-state index is -1.09. The van der Waals surface area contributed by atoms with Gasteiger partial charge in [0.05, 0.1) is 23.1 Å². The van der Waals surface area contributed by atoms with Gasteiger partial charge in [0.15, 0.2) is 5.82 Å². The standard InChI is InChI=1S/C19H20N8O2S/c1-10(2)27-11(3)24-12-7-21-16(6-13(12)27)25-15-4-5-20-18(26-15)14-8-22-17(30-14)9-23-19(28)29/h4-8,10,23H,9H2,1-3H3,(H,28,29)(H,20,21,25,26). The zero-order valence-corrected chi connectivity index (χ0v) is 17.4. The van der Waals surface area contributed by atoms with Gasteiger partial charge in [0.1, 0.15) is 28.0 Å². The number of fused-ring (bicyclic) bond motifs is 1. The number of anilines is 2. The molecule has 0 atom stereocenters. The third-order valence-corrected chi connectivity index (χ3v) is 5.34. The van der Waals surface area contributed by atoms with Crippen molar-refractivity contribution in [3.05, 3.63) is 41.6 Å². The van der Waals surface area contributed by atoms with Crippen LogP contribution in [0.1, 0.15) is 30.7 Å². The molecular formula is C19H20N8O2S. The number of pyridine rings is 1. The van der Waals surface area contributed by atoms with E-state index in [-0.39, 0.29) is 12.6 Å². The highest BCUT2D eigenvalue weighted by atomic mass is 32.1. The van der Waals surface area contributed by atoms with Crippen LogP contribution >= 0.6 is 11.3 Å². The van der Waals surface area contributed by atoms with Crippen molar-refractivity contribution in [2.45, 2.75) is 33.4 Å². The average Bonchev–Trinajstić information content (AvgIpc) is 3.30. The number of hydrogen-bond donors (Lipinski definition) is 3. The topological polar surface area (TPSA) is 131 Å². The molecule has 4 heterocycles. The second-order valence-corrected chi connectivity index (χ2v) is 7.96. The molecule has 154 valence electrons. The van der Waals surface area contributed by atoms with Crippen molar-refractivity contribution in [2.75, 3.05) is 5.32 Å². The Labute approximate surface area is 176 Å². The van der Waals surface area contributed by atoms with Crippen molar-refractivity contribution < 1.29 is 9.90 Å². The Morgan fingerprint density at radius 3 is 2.80 bits per heavy atom. The van der Waals surface area contributed by atoms with E-state index < -0.39 is 6.09 Å². The Morgan fingerprint density at radius 1 is 1.20 bits per heavy atom. The lowest BCUT2D eigenvalue weighted by atomic mass is 10.3. The summed E-state index contributed by atoms with van der Waals surface area (Å²) in [6.07, 6.45) is 3.95. The number of rotatable bonds is 6. The highest BCUT2D eigenvalue weighted by molar-refractivity contribution is 7.15. The molecule has 3 N–H and O–H groups in total. The van der Waals surface area contributed by atoms with Gasteiger partial charge >= 0.3 is 6.09 Å². The molecule has 10 nitrogen and oxygen atoms in total. The molecule has 0 aliphatic rings. The van der Waals surface area contributed by atoms with Gasteiger partial charge in [-0.05, 0) is 26.8 Å². The minimum Gasteiger partial charge on any atom is -0.465 e. The summed E-state index contributed by atoms with van der Waals surface area (Å²) in [5.74, 6) is 2.70. The van der Waals surface area contributed by atoms with E-state index >= 15 is 0 Å². The summed E-state index contributed by atoms with van der Waals surface area (Å²) < 4.78 is 2.16. The molecule has 30 heavy (non-hydrogen) atoms. The Morgan fingerprint density at radius 2 is 2.03 bits per heavy atom. The maximum Gasteiger partial charge on any atom is 0.405 e. The van der Waals surface area contributed by atoms with Crippen molar-refractivity contribution in [3.8, 4) is 10.7 Å². The fourth-order valence-corrected chi connectivity index (χ4v) is 3.96. The number of nitrogens with zero attached hydrogens (tertiary/aromatic N) is 6. The molecular weight excluding hydrogens is 404 g/mol. The monoisotopic (exact) mass is 424 g/mol. The fourth-order valence-electron chi connectivity index (χ4n) is 3.16. The Balaban J connectivity index is 1.58. The predicted molar refractivity (Wildman–Crippen MR) is 114 cm³/mol. The number of hydrogen-bond acceptors (Lipinski definition) is 8. The summed E-state index contributed by atoms with van der Waals surface area (Å²) in [6, 6.07) is 4.00. The summed E-state index contributed by atoms with van der Waals surface area (Å²) in [5, 5.41) is 14.9. The van der Waals surface area contributed by atoms with Crippen LogP contribution in [0.3, 0.4) is 0 Å². The van der Waals surface area contributed by atoms with E-state index in [1.54, 1.807) is 24.7 Å². The van der Waals surface area contributed by atoms with Crippen LogP contribution in [0.4, 0.5) is 16.4 Å². The smallest absolute Gasteiger partial charge is 0.405 e. The molecule has 1 amide bonds. The first-order valence-electron chi connectivity index (χ1n) is 9.27. The number of aryl methyl sites for hydroxylation is 1. The van der Waals surface area contributed by atoms with Crippen molar-refractivity contribution in [1.29, 1.82) is 0 Å². The summed E-state index contributed by atoms with van der Waals surface area (Å²) in [6.45, 7) is 6.37. The molecule has 4 rings (SSSR count). The number of thiazole rings is 1. The predicted octanol–water partition coefficient (Wildman–Crippen LogP) is 3.75. The van der Waals surface area contributed by atoms with Crippen LogP contribution in [0, 0.1) is 6.92 Å². The number of nitrogens with one attached hydrogen (secondary N) is 2. The van der Waals surface area contributed by atoms with Gasteiger partial charge in [-0.25, -0.2) is 29.7 Å². The van der Waals surface area contributed by atoms with E-state index in [1.165, 1.54) is 11.3 Å². The fraction of sp³-hybridized carbons (Fsp3) is 0.263. The van der Waals surface area contributed by atoms with Crippen LogP contribution < -0.4 is 10.6 Å². The van der Waals surface area contributed by atoms with Crippen LogP contribution in [0.15, 0.2) is 30.7 Å². The second kappa shape index (κ2) is 8.03. The van der Waals surface area contributed by atoms with Gasteiger partial charge in [0.25, 0.3) is 0 Å². The molecule has 0 saturated heterocycles. The highest BCUT2D eigenvalue weighted by Gasteiger charge is 2.13. The maximum atomic E-state index is 10.6. The highest BCUT2D eigenvalue weighted by Crippen LogP contribution is 2.26. The van der Waals surface area contributed by atoms with Crippen LogP contribution in [-0.4, -0.2) is 40.7 Å². The van der Waals surface area contributed by atoms with Gasteiger partial charge in [-0.3, -0.25) is 0 Å². The Kier molecular flexibility index (Phi) is 5.27. The van der Waals surface area contributed by atoms with Crippen LogP contribution in [0.2, 0.25) is 0 Å². The molecule has 11 heteroatoms. The van der Waals surface area contributed by atoms with E-state index in [0.717, 1.165) is 21.7 Å². The first kappa shape index (κ1) is 19.7. The SMILES string of the molecule is Cc1nc2cnc(Nc3ccnc(-c4cnc(CNC(=O)O)s4)n3)cc2n1C(C)C. The first-order valence-corrected chi connectivity index (χ1v) is 10.1. The largest absolute Gasteiger partial charge is 0.465 e. The van der Waals surface area contributed by atoms with Crippen LogP contribution in [0.25, 0.3) is 21.7 Å². The van der Waals surface area contributed by atoms with Gasteiger partial charge < -0.3 is 20.3 Å². The molecule has 0 spiro atoms. The lowest BCUT2D eigenvalue weighted by Crippen LogP contribution is -2.19. The molecule has 0 saturated carbocycles. The molecule has 0 unspecified atom stereocenters. The zero-order valence-electron chi connectivity index (χ0n) is 16.6. The molecule has 4 aromatic rings. The molecule has 0 radical (unpaired) electrons. The Hall–Kier alpha value is -3.60. The van der Waals surface area contributed by atoms with Crippen molar-refractivity contribution in [2.24, 2.45) is 0 Å². The van der Waals surface area contributed by atoms with E-state index in [9.17, 15) is 4.79 Å². The third-order valence-electron chi connectivity index (χ3n) is 4.35. The number of aromatic nitrogens is 6. The molecule has 0 aliphatic carbocycles. The number of amides is 1. The first-order chi connectivity index (χ1) is 14.4. The molecule has 4 aromatic heterocycles.